The van der Waals surface area contributed by atoms with Crippen molar-refractivity contribution in [2.24, 2.45) is 5.73 Å². The number of aliphatic carboxylic acids is 1. The normalized spacial score (nSPS) is 13.2. The zero-order valence-corrected chi connectivity index (χ0v) is 12.5. The Labute approximate surface area is 127 Å². The number of nitrogens with one attached hydrogen (secondary N) is 2. The summed E-state index contributed by atoms with van der Waals surface area (Å²) in [6, 6.07) is -2.12. The Hall–Kier alpha value is -2.42. The van der Waals surface area contributed by atoms with Gasteiger partial charge in [0.15, 0.2) is 0 Å². The van der Waals surface area contributed by atoms with E-state index in [4.69, 9.17) is 10.8 Å². The summed E-state index contributed by atoms with van der Waals surface area (Å²) in [5.41, 5.74) is 5.56. The van der Waals surface area contributed by atoms with Crippen molar-refractivity contribution in [3.05, 3.63) is 12.2 Å². The maximum Gasteiger partial charge on any atom is 0.330 e. The van der Waals surface area contributed by atoms with Gasteiger partial charge in [0, 0.05) is 18.7 Å². The second-order valence-corrected chi connectivity index (χ2v) is 4.40. The van der Waals surface area contributed by atoms with E-state index in [0.717, 1.165) is 12.2 Å². The third kappa shape index (κ3) is 8.00. The van der Waals surface area contributed by atoms with Crippen molar-refractivity contribution in [2.75, 3.05) is 13.7 Å². The minimum atomic E-state index is -1.15. The predicted molar refractivity (Wildman–Crippen MR) is 76.6 cm³/mol. The monoisotopic (exact) mass is 315 g/mol. The molecule has 0 saturated heterocycles. The molecule has 2 amide bonds. The van der Waals surface area contributed by atoms with Crippen molar-refractivity contribution in [3.8, 4) is 0 Å². The van der Waals surface area contributed by atoms with Crippen LogP contribution in [-0.2, 0) is 23.9 Å². The maximum absolute atomic E-state index is 11.7. The molecule has 0 fully saturated rings. The van der Waals surface area contributed by atoms with Gasteiger partial charge in [-0.1, -0.05) is 13.3 Å². The Bertz CT molecular complexity index is 449. The average Bonchev–Trinajstić information content (AvgIpc) is 2.49. The SMILES string of the molecule is CCC[C@H](NC(=O)[C@@H](N)CNC(=O)/C=C\C(=O)OC)C(=O)O. The summed E-state index contributed by atoms with van der Waals surface area (Å²) >= 11 is 0. The molecule has 0 heterocycles. The summed E-state index contributed by atoms with van der Waals surface area (Å²) in [6.07, 6.45) is 2.72. The van der Waals surface area contributed by atoms with Gasteiger partial charge in [0.1, 0.15) is 12.1 Å². The third-order valence-corrected chi connectivity index (χ3v) is 2.60. The molecule has 22 heavy (non-hydrogen) atoms. The molecular formula is C13H21N3O6. The summed E-state index contributed by atoms with van der Waals surface area (Å²) in [6.45, 7) is 1.59. The number of hydrogen-bond donors (Lipinski definition) is 4. The van der Waals surface area contributed by atoms with E-state index >= 15 is 0 Å². The largest absolute Gasteiger partial charge is 0.480 e. The van der Waals surface area contributed by atoms with E-state index < -0.39 is 35.8 Å². The average molecular weight is 315 g/mol. The van der Waals surface area contributed by atoms with Crippen LogP contribution in [0.1, 0.15) is 19.8 Å². The summed E-state index contributed by atoms with van der Waals surface area (Å²) in [7, 11) is 1.17. The molecule has 0 rings (SSSR count). The highest BCUT2D eigenvalue weighted by Gasteiger charge is 2.22. The van der Waals surface area contributed by atoms with E-state index in [2.05, 4.69) is 15.4 Å². The molecule has 0 aliphatic heterocycles. The highest BCUT2D eigenvalue weighted by atomic mass is 16.5. The van der Waals surface area contributed by atoms with Crippen LogP contribution in [0.2, 0.25) is 0 Å². The molecule has 0 aromatic carbocycles. The van der Waals surface area contributed by atoms with Crippen molar-refractivity contribution in [3.63, 3.8) is 0 Å². The molecule has 0 unspecified atom stereocenters. The molecule has 0 bridgehead atoms. The van der Waals surface area contributed by atoms with Crippen LogP contribution < -0.4 is 16.4 Å². The lowest BCUT2D eigenvalue weighted by atomic mass is 10.1. The summed E-state index contributed by atoms with van der Waals surface area (Å²) in [4.78, 5) is 44.7. The van der Waals surface area contributed by atoms with Crippen LogP contribution in [-0.4, -0.2) is 54.6 Å². The first-order chi connectivity index (χ1) is 10.3. The van der Waals surface area contributed by atoms with Crippen LogP contribution in [0.25, 0.3) is 0 Å². The number of esters is 1. The molecule has 5 N–H and O–H groups in total. The Kier molecular flexibility index (Phi) is 9.19. The molecule has 0 aromatic heterocycles. The Morgan fingerprint density at radius 2 is 1.91 bits per heavy atom. The first-order valence-corrected chi connectivity index (χ1v) is 6.64. The van der Waals surface area contributed by atoms with Crippen LogP contribution in [0, 0.1) is 0 Å². The number of rotatable bonds is 9. The fourth-order valence-corrected chi connectivity index (χ4v) is 1.40. The quantitative estimate of drug-likeness (QED) is 0.300. The molecule has 9 heteroatoms. The van der Waals surface area contributed by atoms with Gasteiger partial charge in [-0.15, -0.1) is 0 Å². The zero-order valence-electron chi connectivity index (χ0n) is 12.5. The molecule has 0 spiro atoms. The third-order valence-electron chi connectivity index (χ3n) is 2.60. The zero-order chi connectivity index (χ0) is 17.1. The lowest BCUT2D eigenvalue weighted by Crippen LogP contribution is -2.52. The van der Waals surface area contributed by atoms with E-state index in [-0.39, 0.29) is 13.0 Å². The van der Waals surface area contributed by atoms with Crippen LogP contribution in [0.15, 0.2) is 12.2 Å². The van der Waals surface area contributed by atoms with Crippen LogP contribution >= 0.6 is 0 Å². The highest BCUT2D eigenvalue weighted by molar-refractivity contribution is 5.95. The summed E-state index contributed by atoms with van der Waals surface area (Å²) in [5.74, 6) is -3.15. The van der Waals surface area contributed by atoms with Crippen LogP contribution in [0.4, 0.5) is 0 Å². The number of carboxylic acids is 1. The van der Waals surface area contributed by atoms with Gasteiger partial charge in [0.2, 0.25) is 11.8 Å². The molecule has 9 nitrogen and oxygen atoms in total. The smallest absolute Gasteiger partial charge is 0.330 e. The summed E-state index contributed by atoms with van der Waals surface area (Å²) in [5, 5.41) is 13.5. The first-order valence-electron chi connectivity index (χ1n) is 6.64. The van der Waals surface area contributed by atoms with Gasteiger partial charge < -0.3 is 26.2 Å². The van der Waals surface area contributed by atoms with E-state index in [0.29, 0.717) is 6.42 Å². The predicted octanol–water partition coefficient (Wildman–Crippen LogP) is -1.47. The number of carbonyl (C=O) groups excluding carboxylic acids is 3. The van der Waals surface area contributed by atoms with E-state index in [1.165, 1.54) is 7.11 Å². The second-order valence-electron chi connectivity index (χ2n) is 4.40. The standard InChI is InChI=1S/C13H21N3O6/c1-3-4-9(13(20)21)16-12(19)8(14)7-15-10(17)5-6-11(18)22-2/h5-6,8-9H,3-4,7,14H2,1-2H3,(H,15,17)(H,16,19)(H,20,21)/b6-5-/t8-,9-/m0/s1. The number of methoxy groups -OCH3 is 1. The van der Waals surface area contributed by atoms with Crippen molar-refractivity contribution >= 4 is 23.8 Å². The molecule has 0 aliphatic carbocycles. The van der Waals surface area contributed by atoms with Gasteiger partial charge in [0.05, 0.1) is 7.11 Å². The van der Waals surface area contributed by atoms with E-state index in [1.54, 1.807) is 6.92 Å². The Balaban J connectivity index is 4.30. The molecule has 0 saturated carbocycles. The lowest BCUT2D eigenvalue weighted by Gasteiger charge is -2.17. The highest BCUT2D eigenvalue weighted by Crippen LogP contribution is 1.97. The van der Waals surface area contributed by atoms with Crippen LogP contribution in [0.3, 0.4) is 0 Å². The van der Waals surface area contributed by atoms with Gasteiger partial charge in [0.25, 0.3) is 0 Å². The minimum Gasteiger partial charge on any atom is -0.480 e. The fraction of sp³-hybridized carbons (Fsp3) is 0.538. The maximum atomic E-state index is 11.7. The number of hydrogen-bond acceptors (Lipinski definition) is 6. The van der Waals surface area contributed by atoms with Crippen molar-refractivity contribution < 1.29 is 29.0 Å². The van der Waals surface area contributed by atoms with E-state index in [9.17, 15) is 19.2 Å². The molecular weight excluding hydrogens is 294 g/mol. The lowest BCUT2D eigenvalue weighted by molar-refractivity contribution is -0.142. The van der Waals surface area contributed by atoms with Gasteiger partial charge in [-0.3, -0.25) is 9.59 Å². The topological polar surface area (TPSA) is 148 Å². The van der Waals surface area contributed by atoms with E-state index in [1.807, 2.05) is 0 Å². The minimum absolute atomic E-state index is 0.200. The Morgan fingerprint density at radius 3 is 2.41 bits per heavy atom. The van der Waals surface area contributed by atoms with Gasteiger partial charge >= 0.3 is 11.9 Å². The van der Waals surface area contributed by atoms with Crippen LogP contribution in [0.5, 0.6) is 0 Å². The second kappa shape index (κ2) is 10.3. The van der Waals surface area contributed by atoms with Crippen molar-refractivity contribution in [1.82, 2.24) is 10.6 Å². The number of amides is 2. The number of carboxylic acid groups (broad SMARTS) is 1. The number of carbonyl (C=O) groups is 4. The molecule has 2 atom stereocenters. The van der Waals surface area contributed by atoms with Crippen molar-refractivity contribution in [1.29, 1.82) is 0 Å². The molecule has 0 radical (unpaired) electrons. The molecule has 0 aliphatic rings. The van der Waals surface area contributed by atoms with Gasteiger partial charge in [-0.05, 0) is 6.42 Å². The molecule has 0 aromatic rings. The van der Waals surface area contributed by atoms with Crippen molar-refractivity contribution in [2.45, 2.75) is 31.8 Å². The summed E-state index contributed by atoms with van der Waals surface area (Å²) < 4.78 is 4.30. The van der Waals surface area contributed by atoms with Gasteiger partial charge in [-0.2, -0.15) is 0 Å². The molecule has 124 valence electrons. The Morgan fingerprint density at radius 1 is 1.27 bits per heavy atom. The van der Waals surface area contributed by atoms with Gasteiger partial charge in [-0.25, -0.2) is 9.59 Å². The fourth-order valence-electron chi connectivity index (χ4n) is 1.40. The number of ether oxygens (including phenoxy) is 1. The number of nitrogens with two attached hydrogens (primary N) is 1. The first kappa shape index (κ1) is 19.6.